The third kappa shape index (κ3) is 5.34. The number of likely N-dealkylation sites (N-methyl/N-ethyl adjacent to an activating group) is 1. The summed E-state index contributed by atoms with van der Waals surface area (Å²) >= 11 is 0. The lowest BCUT2D eigenvalue weighted by Gasteiger charge is -2.23. The Bertz CT molecular complexity index is 1150. The quantitative estimate of drug-likeness (QED) is 0.659. The predicted octanol–water partition coefficient (Wildman–Crippen LogP) is 4.40. The number of rotatable bonds is 7. The topological polar surface area (TPSA) is 75.7 Å². The molecule has 172 valence electrons. The van der Waals surface area contributed by atoms with Crippen LogP contribution in [0.25, 0.3) is 6.08 Å². The standard InChI is InChI=1S/C23H26F2N2O4S/c1-14-9-15(2)22(16(3)10-14)26-21(28)13-27(4)32(29,30)20-8-6-17-11-19(31-23(24)25)7-5-18(17)12-20/h5,7,9-12,23H,6,8,13H2,1-4H3,(H,26,28). The number of sulfonamides is 1. The van der Waals surface area contributed by atoms with E-state index >= 15 is 0 Å². The molecule has 0 bridgehead atoms. The molecule has 9 heteroatoms. The molecule has 0 saturated carbocycles. The molecule has 1 aliphatic rings. The van der Waals surface area contributed by atoms with Gasteiger partial charge in [0.2, 0.25) is 15.9 Å². The van der Waals surface area contributed by atoms with Crippen molar-refractivity contribution >= 4 is 27.7 Å². The van der Waals surface area contributed by atoms with Gasteiger partial charge in [-0.3, -0.25) is 4.79 Å². The minimum Gasteiger partial charge on any atom is -0.435 e. The van der Waals surface area contributed by atoms with Gasteiger partial charge in [0.15, 0.2) is 0 Å². The summed E-state index contributed by atoms with van der Waals surface area (Å²) in [7, 11) is -2.51. The highest BCUT2D eigenvalue weighted by Gasteiger charge is 2.28. The van der Waals surface area contributed by atoms with Crippen LogP contribution in [0.15, 0.2) is 35.2 Å². The molecule has 1 N–H and O–H groups in total. The fourth-order valence-corrected chi connectivity index (χ4v) is 5.19. The fraction of sp³-hybridized carbons (Fsp3) is 0.348. The highest BCUT2D eigenvalue weighted by Crippen LogP contribution is 2.31. The molecule has 1 aliphatic carbocycles. The number of ether oxygens (including phenoxy) is 1. The fourth-order valence-electron chi connectivity index (χ4n) is 3.87. The van der Waals surface area contributed by atoms with E-state index in [0.29, 0.717) is 17.7 Å². The van der Waals surface area contributed by atoms with Crippen LogP contribution < -0.4 is 10.1 Å². The van der Waals surface area contributed by atoms with Gasteiger partial charge in [-0.1, -0.05) is 23.8 Å². The summed E-state index contributed by atoms with van der Waals surface area (Å²) in [4.78, 5) is 12.7. The van der Waals surface area contributed by atoms with Gasteiger partial charge in [0, 0.05) is 12.7 Å². The normalized spacial score (nSPS) is 13.7. The van der Waals surface area contributed by atoms with Gasteiger partial charge in [-0.15, -0.1) is 0 Å². The Labute approximate surface area is 186 Å². The number of hydrogen-bond acceptors (Lipinski definition) is 4. The molecular weight excluding hydrogens is 438 g/mol. The summed E-state index contributed by atoms with van der Waals surface area (Å²) < 4.78 is 56.3. The van der Waals surface area contributed by atoms with Gasteiger partial charge in [-0.25, -0.2) is 8.42 Å². The number of amides is 1. The van der Waals surface area contributed by atoms with Gasteiger partial charge in [0.1, 0.15) is 5.75 Å². The van der Waals surface area contributed by atoms with E-state index in [2.05, 4.69) is 10.1 Å². The van der Waals surface area contributed by atoms with Crippen LogP contribution in [0.2, 0.25) is 0 Å². The van der Waals surface area contributed by atoms with Crippen LogP contribution in [0.5, 0.6) is 5.75 Å². The zero-order valence-corrected chi connectivity index (χ0v) is 19.2. The lowest BCUT2D eigenvalue weighted by atomic mass is 9.97. The first-order valence-electron chi connectivity index (χ1n) is 10.1. The second kappa shape index (κ2) is 9.38. The Kier molecular flexibility index (Phi) is 7.00. The Balaban J connectivity index is 1.74. The van der Waals surface area contributed by atoms with E-state index in [4.69, 9.17) is 0 Å². The van der Waals surface area contributed by atoms with Gasteiger partial charge in [0.05, 0.1) is 11.4 Å². The number of carbonyl (C=O) groups excluding carboxylic acids is 1. The molecule has 0 aliphatic heterocycles. The Morgan fingerprint density at radius 2 is 1.78 bits per heavy atom. The van der Waals surface area contributed by atoms with E-state index in [1.165, 1.54) is 25.3 Å². The molecule has 2 aromatic rings. The van der Waals surface area contributed by atoms with Crippen molar-refractivity contribution in [3.05, 3.63) is 63.1 Å². The van der Waals surface area contributed by atoms with Crippen LogP contribution in [0.4, 0.5) is 14.5 Å². The van der Waals surface area contributed by atoms with E-state index in [1.807, 2.05) is 32.9 Å². The van der Waals surface area contributed by atoms with Gasteiger partial charge < -0.3 is 10.1 Å². The average molecular weight is 465 g/mol. The maximum absolute atomic E-state index is 13.0. The van der Waals surface area contributed by atoms with Crippen LogP contribution in [0, 0.1) is 20.8 Å². The van der Waals surface area contributed by atoms with Crippen molar-refractivity contribution in [2.45, 2.75) is 40.2 Å². The molecule has 6 nitrogen and oxygen atoms in total. The van der Waals surface area contributed by atoms with Crippen LogP contribution >= 0.6 is 0 Å². The van der Waals surface area contributed by atoms with E-state index in [1.54, 1.807) is 6.07 Å². The summed E-state index contributed by atoms with van der Waals surface area (Å²) in [6, 6.07) is 8.32. The number of allylic oxidation sites excluding steroid dienone is 1. The molecule has 3 rings (SSSR count). The molecule has 32 heavy (non-hydrogen) atoms. The molecule has 0 heterocycles. The highest BCUT2D eigenvalue weighted by molar-refractivity contribution is 7.93. The Morgan fingerprint density at radius 1 is 1.12 bits per heavy atom. The van der Waals surface area contributed by atoms with Crippen LogP contribution in [-0.4, -0.2) is 38.8 Å². The zero-order valence-electron chi connectivity index (χ0n) is 18.4. The van der Waals surface area contributed by atoms with Gasteiger partial charge >= 0.3 is 6.61 Å². The number of aryl methyl sites for hydroxylation is 4. The van der Waals surface area contributed by atoms with Crippen molar-refractivity contribution in [3.8, 4) is 5.75 Å². The molecular formula is C23H26F2N2O4S. The van der Waals surface area contributed by atoms with E-state index in [-0.39, 0.29) is 23.6 Å². The first-order chi connectivity index (χ1) is 15.0. The number of anilines is 1. The first-order valence-corrected chi connectivity index (χ1v) is 11.5. The third-order valence-electron chi connectivity index (χ3n) is 5.35. The molecule has 0 unspecified atom stereocenters. The molecule has 0 fully saturated rings. The number of nitrogens with one attached hydrogen (secondary N) is 1. The van der Waals surface area contributed by atoms with E-state index in [9.17, 15) is 22.0 Å². The van der Waals surface area contributed by atoms with E-state index < -0.39 is 22.5 Å². The maximum Gasteiger partial charge on any atom is 0.387 e. The first kappa shape index (κ1) is 23.9. The Morgan fingerprint density at radius 3 is 2.41 bits per heavy atom. The monoisotopic (exact) mass is 464 g/mol. The van der Waals surface area contributed by atoms with Crippen molar-refractivity contribution in [3.63, 3.8) is 0 Å². The smallest absolute Gasteiger partial charge is 0.387 e. The molecule has 0 radical (unpaired) electrons. The minimum absolute atomic E-state index is 0.0361. The van der Waals surface area contributed by atoms with Crippen molar-refractivity contribution in [1.29, 1.82) is 0 Å². The second-order valence-electron chi connectivity index (χ2n) is 7.93. The summed E-state index contributed by atoms with van der Waals surface area (Å²) in [5.41, 5.74) is 4.92. The number of alkyl halides is 2. The molecule has 2 aromatic carbocycles. The molecule has 0 atom stereocenters. The number of fused-ring (bicyclic) bond motifs is 1. The van der Waals surface area contributed by atoms with Gasteiger partial charge in [0.25, 0.3) is 0 Å². The minimum atomic E-state index is -3.87. The van der Waals surface area contributed by atoms with Gasteiger partial charge in [-0.2, -0.15) is 13.1 Å². The average Bonchev–Trinajstić information content (AvgIpc) is 2.69. The van der Waals surface area contributed by atoms with E-state index in [0.717, 1.165) is 26.6 Å². The van der Waals surface area contributed by atoms with Crippen molar-refractivity contribution < 1.29 is 26.7 Å². The largest absolute Gasteiger partial charge is 0.435 e. The van der Waals surface area contributed by atoms with Crippen molar-refractivity contribution in [2.24, 2.45) is 0 Å². The SMILES string of the molecule is Cc1cc(C)c(NC(=O)CN(C)S(=O)(=O)C2=Cc3ccc(OC(F)F)cc3CC2)c(C)c1. The Hall–Kier alpha value is -2.78. The summed E-state index contributed by atoms with van der Waals surface area (Å²) in [5.74, 6) is -0.398. The number of hydrogen-bond donors (Lipinski definition) is 1. The van der Waals surface area contributed by atoms with Gasteiger partial charge in [-0.05, 0) is 74.1 Å². The second-order valence-corrected chi connectivity index (χ2v) is 10.0. The van der Waals surface area contributed by atoms with Crippen molar-refractivity contribution in [1.82, 2.24) is 4.31 Å². The lowest BCUT2D eigenvalue weighted by molar-refractivity contribution is -0.116. The molecule has 0 aromatic heterocycles. The van der Waals surface area contributed by atoms with Crippen LogP contribution in [0.1, 0.15) is 34.2 Å². The maximum atomic E-state index is 13.0. The van der Waals surface area contributed by atoms with Crippen LogP contribution in [0.3, 0.4) is 0 Å². The number of carbonyl (C=O) groups is 1. The summed E-state index contributed by atoms with van der Waals surface area (Å²) in [6.07, 6.45) is 2.08. The number of benzene rings is 2. The predicted molar refractivity (Wildman–Crippen MR) is 120 cm³/mol. The molecule has 0 saturated heterocycles. The lowest BCUT2D eigenvalue weighted by Crippen LogP contribution is -2.36. The molecule has 1 amide bonds. The number of nitrogens with zero attached hydrogens (tertiary/aromatic N) is 1. The third-order valence-corrected chi connectivity index (χ3v) is 7.28. The van der Waals surface area contributed by atoms with Crippen molar-refractivity contribution in [2.75, 3.05) is 18.9 Å². The number of halogens is 2. The summed E-state index contributed by atoms with van der Waals surface area (Å²) in [6.45, 7) is 2.49. The zero-order chi connectivity index (χ0) is 23.6. The molecule has 0 spiro atoms. The highest BCUT2D eigenvalue weighted by atomic mass is 32.2. The van der Waals surface area contributed by atoms with Crippen LogP contribution in [-0.2, 0) is 21.2 Å². The summed E-state index contributed by atoms with van der Waals surface area (Å²) in [5, 5.41) is 2.81.